The van der Waals surface area contributed by atoms with Crippen molar-refractivity contribution in [1.82, 2.24) is 14.8 Å². The maximum atomic E-state index is 15.3. The highest BCUT2D eigenvalue weighted by Gasteiger charge is 2.80. The number of aromatic nitrogens is 1. The number of H-pyrrole nitrogens is 1. The number of carbonyl (C=O) groups is 3. The molecule has 310 valence electrons. The Labute approximate surface area is 340 Å². The number of para-hydroxylation sites is 1. The molecule has 58 heavy (non-hydrogen) atoms. The number of nitrogens with zero attached hydrogens (tertiary/aromatic N) is 3. The van der Waals surface area contributed by atoms with Gasteiger partial charge in [-0.3, -0.25) is 14.5 Å². The minimum atomic E-state index is -2.27. The van der Waals surface area contributed by atoms with Crippen LogP contribution >= 0.6 is 0 Å². The van der Waals surface area contributed by atoms with E-state index >= 15 is 4.79 Å². The van der Waals surface area contributed by atoms with Crippen molar-refractivity contribution >= 4 is 34.5 Å². The lowest BCUT2D eigenvalue weighted by molar-refractivity contribution is -0.228. The van der Waals surface area contributed by atoms with E-state index < -0.39 is 45.9 Å². The maximum absolute atomic E-state index is 15.3. The number of aromatic amines is 1. The molecule has 12 nitrogen and oxygen atoms in total. The number of anilines is 1. The lowest BCUT2D eigenvalue weighted by Crippen LogP contribution is -2.81. The van der Waals surface area contributed by atoms with Crippen molar-refractivity contribution in [3.8, 4) is 5.75 Å². The molecule has 1 unspecified atom stereocenters. The molecule has 10 atom stereocenters. The summed E-state index contributed by atoms with van der Waals surface area (Å²) in [6.45, 7) is 9.79. The standard InChI is InChI=1S/C46H58N4O8/c1-8-28-21-29-24-45(41(52)56-6,37-31(15-19-49(25-28)26-29)30-13-10-11-14-34(30)47-37)33-22-32-35(23-36(33)55-5)48(4)39-44(32)17-20-50-18-12-16-43(9-2,38(44)50)40(58-27(3)51)46(39,54)42(53)57-7/h10-14,16,22-23,28-29,38-40,47,54H,8-9,15,17-21,24-26H2,1-7H3/t28-,29-,38-,39+,40-,43-,44+,45-,46-/m1/s1. The summed E-state index contributed by atoms with van der Waals surface area (Å²) in [5.41, 5.74) is -0.0554. The monoisotopic (exact) mass is 794 g/mol. The molecule has 1 aliphatic carbocycles. The molecule has 3 aromatic rings. The number of ether oxygens (including phenoxy) is 4. The van der Waals surface area contributed by atoms with Gasteiger partial charge in [-0.15, -0.1) is 0 Å². The summed E-state index contributed by atoms with van der Waals surface area (Å²) in [6, 6.07) is 11.3. The Bertz CT molecular complexity index is 2200. The van der Waals surface area contributed by atoms with E-state index in [0.717, 1.165) is 72.3 Å². The second kappa shape index (κ2) is 13.8. The molecule has 0 radical (unpaired) electrons. The van der Waals surface area contributed by atoms with Gasteiger partial charge in [0.2, 0.25) is 5.60 Å². The highest BCUT2D eigenvalue weighted by Crippen LogP contribution is 2.68. The van der Waals surface area contributed by atoms with Gasteiger partial charge >= 0.3 is 17.9 Å². The zero-order valence-corrected chi connectivity index (χ0v) is 34.9. The molecule has 9 rings (SSSR count). The number of fused-ring (bicyclic) bond motifs is 6. The number of esters is 3. The Balaban J connectivity index is 1.36. The van der Waals surface area contributed by atoms with Gasteiger partial charge in [0, 0.05) is 90.9 Å². The summed E-state index contributed by atoms with van der Waals surface area (Å²) in [5, 5.41) is 14.4. The molecular formula is C46H58N4O8. The van der Waals surface area contributed by atoms with Gasteiger partial charge in [0.25, 0.3) is 0 Å². The molecule has 2 N–H and O–H groups in total. The fraction of sp³-hybridized carbons (Fsp3) is 0.587. The van der Waals surface area contributed by atoms with E-state index in [1.165, 1.54) is 21.1 Å². The molecule has 12 heteroatoms. The second-order valence-electron chi connectivity index (χ2n) is 18.0. The summed E-state index contributed by atoms with van der Waals surface area (Å²) in [7, 11) is 6.28. The Morgan fingerprint density at radius 1 is 0.983 bits per heavy atom. The topological polar surface area (TPSA) is 134 Å². The number of nitrogens with one attached hydrogen (secondary N) is 1. The molecule has 1 saturated carbocycles. The fourth-order valence-corrected chi connectivity index (χ4v) is 13.5. The largest absolute Gasteiger partial charge is 0.496 e. The number of methoxy groups -OCH3 is 3. The lowest BCUT2D eigenvalue weighted by Gasteiger charge is -2.63. The minimum Gasteiger partial charge on any atom is -0.496 e. The SMILES string of the molecule is CC[C@@H]1C[C@H]2CN(CCc3c([nH]c4ccccc34)[C@](C(=O)OC)(c3cc4c(cc3OC)N(C)[C@@H]3[C@](O)(C(=O)OC)[C@H](OC(C)=O)[C@]5(CC)C=CCN6CC[C@@]43[C@H]65)C2)C1. The quantitative estimate of drug-likeness (QED) is 0.193. The van der Waals surface area contributed by atoms with Gasteiger partial charge < -0.3 is 38.8 Å². The molecule has 1 aromatic heterocycles. The summed E-state index contributed by atoms with van der Waals surface area (Å²) in [4.78, 5) is 53.5. The number of hydrogen-bond acceptors (Lipinski definition) is 11. The number of rotatable bonds is 7. The lowest BCUT2D eigenvalue weighted by atomic mass is 9.47. The van der Waals surface area contributed by atoms with Crippen LogP contribution in [0.2, 0.25) is 0 Å². The third-order valence-corrected chi connectivity index (χ3v) is 15.5. The summed E-state index contributed by atoms with van der Waals surface area (Å²) >= 11 is 0. The Morgan fingerprint density at radius 3 is 2.47 bits per heavy atom. The molecule has 5 aliphatic heterocycles. The molecule has 6 aliphatic rings. The third-order valence-electron chi connectivity index (χ3n) is 15.5. The van der Waals surface area contributed by atoms with Crippen molar-refractivity contribution in [2.45, 2.75) is 93.9 Å². The van der Waals surface area contributed by atoms with Crippen LogP contribution in [-0.4, -0.2) is 123 Å². The van der Waals surface area contributed by atoms with Gasteiger partial charge in [-0.05, 0) is 73.7 Å². The summed E-state index contributed by atoms with van der Waals surface area (Å²) in [6.07, 6.45) is 7.33. The van der Waals surface area contributed by atoms with Crippen molar-refractivity contribution in [1.29, 1.82) is 0 Å². The predicted molar refractivity (Wildman–Crippen MR) is 219 cm³/mol. The van der Waals surface area contributed by atoms with Crippen molar-refractivity contribution < 1.29 is 38.4 Å². The second-order valence-corrected chi connectivity index (χ2v) is 18.0. The van der Waals surface area contributed by atoms with Gasteiger partial charge in [-0.25, -0.2) is 4.79 Å². The molecule has 2 aromatic carbocycles. The van der Waals surface area contributed by atoms with Gasteiger partial charge in [0.05, 0.1) is 27.4 Å². The molecule has 2 saturated heterocycles. The van der Waals surface area contributed by atoms with Crippen LogP contribution in [0.4, 0.5) is 5.69 Å². The minimum absolute atomic E-state index is 0.184. The van der Waals surface area contributed by atoms with Crippen molar-refractivity contribution in [2.75, 3.05) is 66.0 Å². The van der Waals surface area contributed by atoms with E-state index in [9.17, 15) is 14.7 Å². The fourth-order valence-electron chi connectivity index (χ4n) is 13.5. The Hall–Kier alpha value is -4.39. The molecule has 0 amide bonds. The number of aliphatic hydroxyl groups is 1. The van der Waals surface area contributed by atoms with E-state index in [4.69, 9.17) is 18.9 Å². The van der Waals surface area contributed by atoms with Gasteiger partial charge in [0.1, 0.15) is 11.2 Å². The predicted octanol–water partition coefficient (Wildman–Crippen LogP) is 4.88. The summed E-state index contributed by atoms with van der Waals surface area (Å²) in [5.74, 6) is -0.578. The zero-order chi connectivity index (χ0) is 40.9. The number of likely N-dealkylation sites (N-methyl/N-ethyl adjacent to an activating group) is 1. The molecule has 2 bridgehead atoms. The van der Waals surface area contributed by atoms with Crippen LogP contribution in [-0.2, 0) is 45.8 Å². The van der Waals surface area contributed by atoms with E-state index in [1.54, 1.807) is 7.11 Å². The first kappa shape index (κ1) is 39.1. The molecular weight excluding hydrogens is 737 g/mol. The smallest absolute Gasteiger partial charge is 0.344 e. The van der Waals surface area contributed by atoms with Crippen LogP contribution in [0, 0.1) is 17.3 Å². The van der Waals surface area contributed by atoms with Crippen LogP contribution in [0.3, 0.4) is 0 Å². The van der Waals surface area contributed by atoms with Gasteiger partial charge in [0.15, 0.2) is 6.10 Å². The number of carbonyl (C=O) groups excluding carboxylic acids is 3. The van der Waals surface area contributed by atoms with Crippen LogP contribution in [0.25, 0.3) is 10.9 Å². The Kier molecular flexibility index (Phi) is 9.33. The average molecular weight is 795 g/mol. The van der Waals surface area contributed by atoms with Crippen LogP contribution in [0.15, 0.2) is 48.6 Å². The normalized spacial score (nSPS) is 36.1. The van der Waals surface area contributed by atoms with Gasteiger partial charge in [-0.1, -0.05) is 50.6 Å². The van der Waals surface area contributed by atoms with E-state index in [-0.39, 0.29) is 17.9 Å². The third kappa shape index (κ3) is 5.00. The summed E-state index contributed by atoms with van der Waals surface area (Å²) < 4.78 is 24.0. The van der Waals surface area contributed by atoms with E-state index in [0.29, 0.717) is 49.6 Å². The maximum Gasteiger partial charge on any atom is 0.344 e. The molecule has 3 fully saturated rings. The Morgan fingerprint density at radius 2 is 1.76 bits per heavy atom. The molecule has 1 spiro atoms. The van der Waals surface area contributed by atoms with Crippen molar-refractivity contribution in [3.05, 3.63) is 70.9 Å². The highest BCUT2D eigenvalue weighted by molar-refractivity contribution is 5.95. The van der Waals surface area contributed by atoms with Crippen molar-refractivity contribution in [2.24, 2.45) is 17.3 Å². The first-order valence-corrected chi connectivity index (χ1v) is 21.2. The highest BCUT2D eigenvalue weighted by atomic mass is 16.6. The number of piperidine rings is 1. The number of hydrogen-bond donors (Lipinski definition) is 2. The van der Waals surface area contributed by atoms with Crippen LogP contribution < -0.4 is 9.64 Å². The first-order chi connectivity index (χ1) is 27.9. The van der Waals surface area contributed by atoms with E-state index in [1.807, 2.05) is 31.0 Å². The average Bonchev–Trinajstić information content (AvgIpc) is 3.89. The van der Waals surface area contributed by atoms with Crippen LogP contribution in [0.5, 0.6) is 5.75 Å². The van der Waals surface area contributed by atoms with Crippen molar-refractivity contribution in [3.63, 3.8) is 0 Å². The van der Waals surface area contributed by atoms with Crippen LogP contribution in [0.1, 0.15) is 75.3 Å². The van der Waals surface area contributed by atoms with Gasteiger partial charge in [-0.2, -0.15) is 0 Å². The first-order valence-electron chi connectivity index (χ1n) is 21.2. The number of benzene rings is 2. The zero-order valence-electron chi connectivity index (χ0n) is 34.9. The molecule has 6 heterocycles. The van der Waals surface area contributed by atoms with E-state index in [2.05, 4.69) is 58.1 Å².